The summed E-state index contributed by atoms with van der Waals surface area (Å²) in [7, 11) is 0. The Bertz CT molecular complexity index is 358. The molecule has 0 bridgehead atoms. The molecule has 0 atom stereocenters. The van der Waals surface area contributed by atoms with Crippen molar-refractivity contribution in [2.75, 3.05) is 6.54 Å². The van der Waals surface area contributed by atoms with Gasteiger partial charge in [-0.1, -0.05) is 43.2 Å². The van der Waals surface area contributed by atoms with Crippen molar-refractivity contribution in [1.82, 2.24) is 10.6 Å². The van der Waals surface area contributed by atoms with Crippen LogP contribution in [0.4, 0.5) is 0 Å². The van der Waals surface area contributed by atoms with E-state index in [0.717, 1.165) is 12.1 Å². The fraction of sp³-hybridized carbons (Fsp3) is 0.533. The van der Waals surface area contributed by atoms with Crippen molar-refractivity contribution in [3.05, 3.63) is 35.9 Å². The largest absolute Gasteiger partial charge is 0.352 e. The van der Waals surface area contributed by atoms with Crippen LogP contribution < -0.4 is 10.6 Å². The zero-order valence-corrected chi connectivity index (χ0v) is 10.8. The highest BCUT2D eigenvalue weighted by Crippen LogP contribution is 2.17. The maximum absolute atomic E-state index is 11.6. The van der Waals surface area contributed by atoms with Gasteiger partial charge in [0.15, 0.2) is 0 Å². The molecule has 1 saturated carbocycles. The van der Waals surface area contributed by atoms with Gasteiger partial charge in [-0.2, -0.15) is 0 Å². The minimum Gasteiger partial charge on any atom is -0.352 e. The normalized spacial score (nSPS) is 15.8. The molecule has 0 spiro atoms. The van der Waals surface area contributed by atoms with Gasteiger partial charge in [-0.25, -0.2) is 0 Å². The predicted molar refractivity (Wildman–Crippen MR) is 73.2 cm³/mol. The van der Waals surface area contributed by atoms with Crippen molar-refractivity contribution in [3.8, 4) is 0 Å². The smallest absolute Gasteiger partial charge is 0.221 e. The Kier molecular flexibility index (Phi) is 5.21. The van der Waals surface area contributed by atoms with Crippen LogP contribution in [0.5, 0.6) is 0 Å². The van der Waals surface area contributed by atoms with Crippen molar-refractivity contribution in [1.29, 1.82) is 0 Å². The molecule has 0 saturated heterocycles. The number of carbonyl (C=O) groups excluding carboxylic acids is 1. The first-order chi connectivity index (χ1) is 8.84. The average Bonchev–Trinajstić information content (AvgIpc) is 2.91. The van der Waals surface area contributed by atoms with E-state index in [9.17, 15) is 4.79 Å². The predicted octanol–water partition coefficient (Wildman–Crippen LogP) is 2.23. The fourth-order valence-corrected chi connectivity index (χ4v) is 2.40. The molecular weight excluding hydrogens is 224 g/mol. The second kappa shape index (κ2) is 7.17. The number of hydrogen-bond donors (Lipinski definition) is 2. The number of hydrogen-bond acceptors (Lipinski definition) is 2. The number of rotatable bonds is 6. The molecule has 1 aromatic carbocycles. The van der Waals surface area contributed by atoms with Gasteiger partial charge in [-0.05, 0) is 18.4 Å². The van der Waals surface area contributed by atoms with Crippen LogP contribution in [0.1, 0.15) is 37.7 Å². The molecule has 1 aliphatic rings. The molecule has 2 N–H and O–H groups in total. The Morgan fingerprint density at radius 2 is 1.89 bits per heavy atom. The third-order valence-electron chi connectivity index (χ3n) is 3.47. The summed E-state index contributed by atoms with van der Waals surface area (Å²) >= 11 is 0. The van der Waals surface area contributed by atoms with E-state index in [1.165, 1.54) is 25.7 Å². The first-order valence-corrected chi connectivity index (χ1v) is 6.88. The van der Waals surface area contributed by atoms with Gasteiger partial charge in [0.25, 0.3) is 0 Å². The van der Waals surface area contributed by atoms with Gasteiger partial charge >= 0.3 is 0 Å². The zero-order chi connectivity index (χ0) is 12.6. The lowest BCUT2D eigenvalue weighted by Crippen LogP contribution is -2.31. The van der Waals surface area contributed by atoms with Crippen LogP contribution >= 0.6 is 0 Å². The highest BCUT2D eigenvalue weighted by atomic mass is 16.1. The van der Waals surface area contributed by atoms with Crippen molar-refractivity contribution in [2.45, 2.75) is 44.7 Å². The summed E-state index contributed by atoms with van der Waals surface area (Å²) < 4.78 is 0. The molecule has 0 aromatic heterocycles. The molecule has 3 nitrogen and oxygen atoms in total. The van der Waals surface area contributed by atoms with E-state index in [4.69, 9.17) is 0 Å². The summed E-state index contributed by atoms with van der Waals surface area (Å²) in [5, 5.41) is 6.40. The molecule has 0 unspecified atom stereocenters. The quantitative estimate of drug-likeness (QED) is 0.808. The standard InChI is InChI=1S/C15H22N2O/c18-15(10-11-16-14-8-4-5-9-14)17-12-13-6-2-1-3-7-13/h1-3,6-7,14,16H,4-5,8-12H2,(H,17,18). The maximum Gasteiger partial charge on any atom is 0.221 e. The first-order valence-electron chi connectivity index (χ1n) is 6.88. The Labute approximate surface area is 109 Å². The van der Waals surface area contributed by atoms with Crippen LogP contribution in [-0.4, -0.2) is 18.5 Å². The summed E-state index contributed by atoms with van der Waals surface area (Å²) in [6, 6.07) is 10.7. The van der Waals surface area contributed by atoms with E-state index in [2.05, 4.69) is 10.6 Å². The molecule has 98 valence electrons. The summed E-state index contributed by atoms with van der Waals surface area (Å²) in [5.74, 6) is 0.129. The monoisotopic (exact) mass is 246 g/mol. The Balaban J connectivity index is 1.57. The van der Waals surface area contributed by atoms with Crippen LogP contribution in [0, 0.1) is 0 Å². The number of nitrogens with one attached hydrogen (secondary N) is 2. The van der Waals surface area contributed by atoms with Gasteiger partial charge in [-0.15, -0.1) is 0 Å². The summed E-state index contributed by atoms with van der Waals surface area (Å²) in [6.07, 6.45) is 5.77. The lowest BCUT2D eigenvalue weighted by Gasteiger charge is -2.11. The summed E-state index contributed by atoms with van der Waals surface area (Å²) in [5.41, 5.74) is 1.15. The first kappa shape index (κ1) is 13.1. The molecule has 1 amide bonds. The second-order valence-electron chi connectivity index (χ2n) is 4.95. The molecule has 1 aliphatic carbocycles. The zero-order valence-electron chi connectivity index (χ0n) is 10.8. The van der Waals surface area contributed by atoms with E-state index < -0.39 is 0 Å². The number of carbonyl (C=O) groups is 1. The molecule has 0 aliphatic heterocycles. The molecule has 1 fully saturated rings. The van der Waals surface area contributed by atoms with Crippen LogP contribution in [0.3, 0.4) is 0 Å². The van der Waals surface area contributed by atoms with Crippen LogP contribution in [-0.2, 0) is 11.3 Å². The molecule has 0 heterocycles. The molecule has 2 rings (SSSR count). The minimum absolute atomic E-state index is 0.129. The average molecular weight is 246 g/mol. The van der Waals surface area contributed by atoms with Gasteiger partial charge in [0.05, 0.1) is 0 Å². The summed E-state index contributed by atoms with van der Waals surface area (Å²) in [6.45, 7) is 1.42. The topological polar surface area (TPSA) is 41.1 Å². The highest BCUT2D eigenvalue weighted by molar-refractivity contribution is 5.76. The van der Waals surface area contributed by atoms with Crippen molar-refractivity contribution in [3.63, 3.8) is 0 Å². The molecule has 3 heteroatoms. The van der Waals surface area contributed by atoms with Gasteiger partial charge < -0.3 is 10.6 Å². The molecule has 0 radical (unpaired) electrons. The van der Waals surface area contributed by atoms with Gasteiger partial charge in [0.2, 0.25) is 5.91 Å². The van der Waals surface area contributed by atoms with Crippen molar-refractivity contribution >= 4 is 5.91 Å². The Morgan fingerprint density at radius 3 is 2.61 bits per heavy atom. The van der Waals surface area contributed by atoms with E-state index >= 15 is 0 Å². The van der Waals surface area contributed by atoms with Crippen LogP contribution in [0.15, 0.2) is 30.3 Å². The Morgan fingerprint density at radius 1 is 1.17 bits per heavy atom. The van der Waals surface area contributed by atoms with Gasteiger partial charge in [-0.3, -0.25) is 4.79 Å². The van der Waals surface area contributed by atoms with E-state index in [1.807, 2.05) is 30.3 Å². The Hall–Kier alpha value is -1.35. The van der Waals surface area contributed by atoms with Crippen LogP contribution in [0.25, 0.3) is 0 Å². The second-order valence-corrected chi connectivity index (χ2v) is 4.95. The minimum atomic E-state index is 0.129. The fourth-order valence-electron chi connectivity index (χ4n) is 2.40. The lowest BCUT2D eigenvalue weighted by molar-refractivity contribution is -0.121. The van der Waals surface area contributed by atoms with Crippen molar-refractivity contribution < 1.29 is 4.79 Å². The summed E-state index contributed by atoms with van der Waals surface area (Å²) in [4.78, 5) is 11.6. The maximum atomic E-state index is 11.6. The molecule has 18 heavy (non-hydrogen) atoms. The van der Waals surface area contributed by atoms with E-state index in [0.29, 0.717) is 19.0 Å². The van der Waals surface area contributed by atoms with Crippen molar-refractivity contribution in [2.24, 2.45) is 0 Å². The molecule has 1 aromatic rings. The third kappa shape index (κ3) is 4.49. The SMILES string of the molecule is O=C(CCNC1CCCC1)NCc1ccccc1. The lowest BCUT2D eigenvalue weighted by atomic mass is 10.2. The number of amides is 1. The van der Waals surface area contributed by atoms with Crippen LogP contribution in [0.2, 0.25) is 0 Å². The van der Waals surface area contributed by atoms with Gasteiger partial charge in [0.1, 0.15) is 0 Å². The van der Waals surface area contributed by atoms with E-state index in [-0.39, 0.29) is 5.91 Å². The number of benzene rings is 1. The van der Waals surface area contributed by atoms with Gasteiger partial charge in [0, 0.05) is 25.6 Å². The van der Waals surface area contributed by atoms with E-state index in [1.54, 1.807) is 0 Å². The molecular formula is C15H22N2O. The highest BCUT2D eigenvalue weighted by Gasteiger charge is 2.13. The third-order valence-corrected chi connectivity index (χ3v) is 3.47.